The maximum Gasteiger partial charge on any atom is 0.131 e. The maximum atomic E-state index is 14.0. The SMILES string of the molecule is COc1ccc(C(Br)c2cccc(I)c2)c(F)c1. The second-order valence-corrected chi connectivity index (χ2v) is 5.97. The first kappa shape index (κ1) is 13.8. The minimum Gasteiger partial charge on any atom is -0.497 e. The van der Waals surface area contributed by atoms with Crippen LogP contribution < -0.4 is 4.74 Å². The van der Waals surface area contributed by atoms with Gasteiger partial charge in [0.25, 0.3) is 0 Å². The van der Waals surface area contributed by atoms with Gasteiger partial charge in [0.05, 0.1) is 11.9 Å². The highest BCUT2D eigenvalue weighted by Crippen LogP contribution is 2.34. The van der Waals surface area contributed by atoms with Crippen LogP contribution in [0, 0.1) is 9.39 Å². The highest BCUT2D eigenvalue weighted by molar-refractivity contribution is 14.1. The van der Waals surface area contributed by atoms with Crippen molar-refractivity contribution in [3.8, 4) is 5.75 Å². The van der Waals surface area contributed by atoms with Crippen molar-refractivity contribution in [1.29, 1.82) is 0 Å². The molecule has 0 radical (unpaired) electrons. The Kier molecular flexibility index (Phi) is 4.61. The van der Waals surface area contributed by atoms with Crippen molar-refractivity contribution in [3.63, 3.8) is 0 Å². The second-order valence-electron chi connectivity index (χ2n) is 3.81. The molecule has 0 saturated heterocycles. The molecular weight excluding hydrogens is 410 g/mol. The van der Waals surface area contributed by atoms with Gasteiger partial charge in [-0.1, -0.05) is 34.1 Å². The van der Waals surface area contributed by atoms with Gasteiger partial charge in [0, 0.05) is 15.2 Å². The van der Waals surface area contributed by atoms with E-state index in [2.05, 4.69) is 38.5 Å². The maximum absolute atomic E-state index is 14.0. The van der Waals surface area contributed by atoms with Crippen molar-refractivity contribution in [2.45, 2.75) is 4.83 Å². The lowest BCUT2D eigenvalue weighted by Crippen LogP contribution is -1.97. The zero-order valence-corrected chi connectivity index (χ0v) is 13.4. The summed E-state index contributed by atoms with van der Waals surface area (Å²) in [5, 5.41) is 0. The van der Waals surface area contributed by atoms with Crippen molar-refractivity contribution in [2.75, 3.05) is 7.11 Å². The Morgan fingerprint density at radius 1 is 1.22 bits per heavy atom. The summed E-state index contributed by atoms with van der Waals surface area (Å²) >= 11 is 5.78. The molecule has 18 heavy (non-hydrogen) atoms. The molecule has 0 heterocycles. The van der Waals surface area contributed by atoms with Crippen LogP contribution in [0.3, 0.4) is 0 Å². The number of hydrogen-bond donors (Lipinski definition) is 0. The molecule has 1 unspecified atom stereocenters. The van der Waals surface area contributed by atoms with Crippen LogP contribution in [0.1, 0.15) is 16.0 Å². The molecule has 0 amide bonds. The van der Waals surface area contributed by atoms with Crippen molar-refractivity contribution < 1.29 is 9.13 Å². The molecule has 0 spiro atoms. The van der Waals surface area contributed by atoms with Gasteiger partial charge in [-0.2, -0.15) is 0 Å². The summed E-state index contributed by atoms with van der Waals surface area (Å²) in [7, 11) is 1.53. The fourth-order valence-electron chi connectivity index (χ4n) is 1.68. The van der Waals surface area contributed by atoms with E-state index in [4.69, 9.17) is 4.74 Å². The molecular formula is C14H11BrFIO. The standard InChI is InChI=1S/C14H11BrFIO/c1-18-11-5-6-12(13(16)8-11)14(15)9-3-2-4-10(17)7-9/h2-8,14H,1H3. The second kappa shape index (κ2) is 6.02. The molecule has 4 heteroatoms. The van der Waals surface area contributed by atoms with Gasteiger partial charge in [-0.25, -0.2) is 4.39 Å². The van der Waals surface area contributed by atoms with E-state index >= 15 is 0 Å². The van der Waals surface area contributed by atoms with Gasteiger partial charge >= 0.3 is 0 Å². The number of hydrogen-bond acceptors (Lipinski definition) is 1. The Morgan fingerprint density at radius 2 is 2.00 bits per heavy atom. The van der Waals surface area contributed by atoms with Crippen LogP contribution in [-0.4, -0.2) is 7.11 Å². The smallest absolute Gasteiger partial charge is 0.131 e. The lowest BCUT2D eigenvalue weighted by molar-refractivity contribution is 0.411. The minimum atomic E-state index is -0.268. The van der Waals surface area contributed by atoms with E-state index in [1.54, 1.807) is 12.1 Å². The molecule has 0 N–H and O–H groups in total. The van der Waals surface area contributed by atoms with Crippen LogP contribution in [0.5, 0.6) is 5.75 Å². The van der Waals surface area contributed by atoms with Crippen LogP contribution >= 0.6 is 38.5 Å². The van der Waals surface area contributed by atoms with Gasteiger partial charge in [-0.15, -0.1) is 0 Å². The Balaban J connectivity index is 2.37. The topological polar surface area (TPSA) is 9.23 Å². The quantitative estimate of drug-likeness (QED) is 0.505. The number of rotatable bonds is 3. The van der Waals surface area contributed by atoms with E-state index in [9.17, 15) is 4.39 Å². The van der Waals surface area contributed by atoms with E-state index in [1.165, 1.54) is 13.2 Å². The van der Waals surface area contributed by atoms with Gasteiger partial charge in [0.1, 0.15) is 11.6 Å². The highest BCUT2D eigenvalue weighted by atomic mass is 127. The average molecular weight is 421 g/mol. The number of alkyl halides is 1. The number of ether oxygens (including phenoxy) is 1. The summed E-state index contributed by atoms with van der Waals surface area (Å²) in [6.07, 6.45) is 0. The lowest BCUT2D eigenvalue weighted by atomic mass is 10.0. The first-order valence-electron chi connectivity index (χ1n) is 5.35. The van der Waals surface area contributed by atoms with E-state index < -0.39 is 0 Å². The predicted octanol–water partition coefficient (Wildman–Crippen LogP) is 4.92. The molecule has 0 aliphatic carbocycles. The molecule has 1 nitrogen and oxygen atoms in total. The fraction of sp³-hybridized carbons (Fsp3) is 0.143. The van der Waals surface area contributed by atoms with E-state index in [-0.39, 0.29) is 10.6 Å². The number of halogens is 3. The summed E-state index contributed by atoms with van der Waals surface area (Å²) in [5.41, 5.74) is 1.64. The Morgan fingerprint density at radius 3 is 2.61 bits per heavy atom. The molecule has 0 saturated carbocycles. The Hall–Kier alpha value is -0.620. The molecule has 0 aliphatic rings. The first-order chi connectivity index (χ1) is 8.61. The third kappa shape index (κ3) is 3.03. The molecule has 2 rings (SSSR count). The van der Waals surface area contributed by atoms with E-state index in [0.717, 1.165) is 9.13 Å². The van der Waals surface area contributed by atoms with Gasteiger partial charge in [-0.3, -0.25) is 0 Å². The van der Waals surface area contributed by atoms with Crippen molar-refractivity contribution in [2.24, 2.45) is 0 Å². The summed E-state index contributed by atoms with van der Waals surface area (Å²) < 4.78 is 20.1. The molecule has 1 atom stereocenters. The predicted molar refractivity (Wildman–Crippen MR) is 82.9 cm³/mol. The van der Waals surface area contributed by atoms with Crippen LogP contribution in [0.2, 0.25) is 0 Å². The normalized spacial score (nSPS) is 12.2. The van der Waals surface area contributed by atoms with Gasteiger partial charge in [-0.05, 0) is 46.4 Å². The van der Waals surface area contributed by atoms with Crippen molar-refractivity contribution in [1.82, 2.24) is 0 Å². The van der Waals surface area contributed by atoms with Gasteiger partial charge in [0.15, 0.2) is 0 Å². The monoisotopic (exact) mass is 420 g/mol. The third-order valence-electron chi connectivity index (χ3n) is 2.62. The fourth-order valence-corrected chi connectivity index (χ4v) is 2.91. The molecule has 2 aromatic rings. The van der Waals surface area contributed by atoms with E-state index in [1.807, 2.05) is 24.3 Å². The first-order valence-corrected chi connectivity index (χ1v) is 7.34. The van der Waals surface area contributed by atoms with Crippen LogP contribution in [-0.2, 0) is 0 Å². The summed E-state index contributed by atoms with van der Waals surface area (Å²) in [4.78, 5) is -0.155. The number of methoxy groups -OCH3 is 1. The molecule has 0 bridgehead atoms. The Bertz CT molecular complexity index is 559. The molecule has 94 valence electrons. The van der Waals surface area contributed by atoms with Gasteiger partial charge in [0.2, 0.25) is 0 Å². The number of benzene rings is 2. The molecule has 0 aromatic heterocycles. The van der Waals surface area contributed by atoms with Crippen molar-refractivity contribution in [3.05, 3.63) is 63.0 Å². The zero-order chi connectivity index (χ0) is 13.1. The largest absolute Gasteiger partial charge is 0.497 e. The third-order valence-corrected chi connectivity index (χ3v) is 4.31. The minimum absolute atomic E-state index is 0.155. The van der Waals surface area contributed by atoms with Crippen LogP contribution in [0.4, 0.5) is 4.39 Å². The highest BCUT2D eigenvalue weighted by Gasteiger charge is 2.15. The zero-order valence-electron chi connectivity index (χ0n) is 9.66. The molecule has 2 aromatic carbocycles. The average Bonchev–Trinajstić information content (AvgIpc) is 2.37. The van der Waals surface area contributed by atoms with Gasteiger partial charge < -0.3 is 4.74 Å². The van der Waals surface area contributed by atoms with Crippen LogP contribution in [0.15, 0.2) is 42.5 Å². The molecule has 0 fully saturated rings. The van der Waals surface area contributed by atoms with Crippen molar-refractivity contribution >= 4 is 38.5 Å². The summed E-state index contributed by atoms with van der Waals surface area (Å²) in [6.45, 7) is 0. The Labute approximate surface area is 128 Å². The molecule has 0 aliphatic heterocycles. The lowest BCUT2D eigenvalue weighted by Gasteiger charge is -2.13. The van der Waals surface area contributed by atoms with Crippen LogP contribution in [0.25, 0.3) is 0 Å². The van der Waals surface area contributed by atoms with E-state index in [0.29, 0.717) is 11.3 Å². The summed E-state index contributed by atoms with van der Waals surface area (Å²) in [6, 6.07) is 12.9. The summed E-state index contributed by atoms with van der Waals surface area (Å²) in [5.74, 6) is 0.258.